The summed E-state index contributed by atoms with van der Waals surface area (Å²) in [6.45, 7) is 1.12. The van der Waals surface area contributed by atoms with Gasteiger partial charge in [-0.3, -0.25) is 9.59 Å². The fourth-order valence-corrected chi connectivity index (χ4v) is 4.88. The lowest BCUT2D eigenvalue weighted by Gasteiger charge is -2.23. The second kappa shape index (κ2) is 7.29. The molecule has 5 rings (SSSR count). The van der Waals surface area contributed by atoms with Crippen LogP contribution in [0.5, 0.6) is 5.75 Å². The van der Waals surface area contributed by atoms with Gasteiger partial charge in [0.15, 0.2) is 0 Å². The van der Waals surface area contributed by atoms with E-state index >= 15 is 0 Å². The molecule has 1 N–H and O–H groups in total. The smallest absolute Gasteiger partial charge is 0.231 e. The van der Waals surface area contributed by atoms with Crippen LogP contribution in [0.2, 0.25) is 0 Å². The van der Waals surface area contributed by atoms with Gasteiger partial charge in [-0.25, -0.2) is 0 Å². The van der Waals surface area contributed by atoms with E-state index in [1.807, 2.05) is 35.3 Å². The molecule has 2 fully saturated rings. The highest BCUT2D eigenvalue weighted by molar-refractivity contribution is 5.99. The van der Waals surface area contributed by atoms with Gasteiger partial charge in [0.1, 0.15) is 11.4 Å². The van der Waals surface area contributed by atoms with Crippen molar-refractivity contribution >= 4 is 17.5 Å². The summed E-state index contributed by atoms with van der Waals surface area (Å²) in [6, 6.07) is 17.3. The van der Waals surface area contributed by atoms with Gasteiger partial charge in [0, 0.05) is 12.2 Å². The van der Waals surface area contributed by atoms with Crippen molar-refractivity contribution in [3.05, 3.63) is 72.3 Å². The van der Waals surface area contributed by atoms with Crippen molar-refractivity contribution in [1.82, 2.24) is 4.90 Å². The minimum absolute atomic E-state index is 0.00709. The molecule has 0 radical (unpaired) electrons. The van der Waals surface area contributed by atoms with Crippen molar-refractivity contribution in [2.75, 3.05) is 25.5 Å². The number of rotatable bonds is 6. The molecule has 0 saturated carbocycles. The van der Waals surface area contributed by atoms with E-state index in [2.05, 4.69) is 17.4 Å². The molecule has 6 heteroatoms. The molecule has 3 heterocycles. The van der Waals surface area contributed by atoms with E-state index in [0.29, 0.717) is 18.8 Å². The molecule has 2 amide bonds. The van der Waals surface area contributed by atoms with Gasteiger partial charge in [0.25, 0.3) is 0 Å². The highest BCUT2D eigenvalue weighted by Crippen LogP contribution is 2.52. The molecule has 6 nitrogen and oxygen atoms in total. The fourth-order valence-electron chi connectivity index (χ4n) is 4.88. The summed E-state index contributed by atoms with van der Waals surface area (Å²) >= 11 is 0. The van der Waals surface area contributed by atoms with Crippen LogP contribution in [0.1, 0.15) is 5.56 Å². The Balaban J connectivity index is 1.31. The molecular weight excluding hydrogens is 380 g/mol. The highest BCUT2D eigenvalue weighted by atomic mass is 16.5. The third-order valence-electron chi connectivity index (χ3n) is 6.35. The summed E-state index contributed by atoms with van der Waals surface area (Å²) in [7, 11) is 1.60. The molecule has 2 aromatic rings. The lowest BCUT2D eigenvalue weighted by Crippen LogP contribution is -2.41. The van der Waals surface area contributed by atoms with E-state index in [4.69, 9.17) is 9.47 Å². The van der Waals surface area contributed by atoms with E-state index in [1.165, 1.54) is 5.56 Å². The molecule has 1 spiro atoms. The third kappa shape index (κ3) is 3.08. The number of hydrogen-bond acceptors (Lipinski definition) is 4. The molecule has 0 unspecified atom stereocenters. The first kappa shape index (κ1) is 18.9. The molecule has 2 saturated heterocycles. The van der Waals surface area contributed by atoms with E-state index in [1.54, 1.807) is 31.4 Å². The average Bonchev–Trinajstić information content (AvgIpc) is 3.41. The van der Waals surface area contributed by atoms with Crippen molar-refractivity contribution in [3.8, 4) is 5.75 Å². The van der Waals surface area contributed by atoms with E-state index in [9.17, 15) is 9.59 Å². The number of likely N-dealkylation sites (tertiary alicyclic amines) is 1. The second-order valence-corrected chi connectivity index (χ2v) is 8.11. The van der Waals surface area contributed by atoms with Crippen LogP contribution in [0.15, 0.2) is 66.7 Å². The third-order valence-corrected chi connectivity index (χ3v) is 6.35. The summed E-state index contributed by atoms with van der Waals surface area (Å²) in [6.07, 6.45) is 4.35. The molecular formula is C24H24N2O4. The Morgan fingerprint density at radius 1 is 1.20 bits per heavy atom. The predicted molar refractivity (Wildman–Crippen MR) is 112 cm³/mol. The van der Waals surface area contributed by atoms with Gasteiger partial charge in [-0.2, -0.15) is 0 Å². The van der Waals surface area contributed by atoms with Gasteiger partial charge in [0.05, 0.1) is 31.6 Å². The molecule has 3 aliphatic heterocycles. The summed E-state index contributed by atoms with van der Waals surface area (Å²) in [4.78, 5) is 28.2. The zero-order chi connectivity index (χ0) is 20.7. The van der Waals surface area contributed by atoms with Crippen LogP contribution in [0, 0.1) is 11.8 Å². The number of ether oxygens (including phenoxy) is 2. The largest absolute Gasteiger partial charge is 0.497 e. The van der Waals surface area contributed by atoms with Crippen LogP contribution < -0.4 is 10.1 Å². The summed E-state index contributed by atoms with van der Waals surface area (Å²) in [5, 5.41) is 2.94. The molecule has 0 aliphatic carbocycles. The van der Waals surface area contributed by atoms with Gasteiger partial charge in [0.2, 0.25) is 11.8 Å². The number of anilines is 1. The number of hydrogen-bond donors (Lipinski definition) is 1. The number of nitrogens with one attached hydrogen (secondary N) is 1. The topological polar surface area (TPSA) is 67.9 Å². The molecule has 0 aromatic heterocycles. The lowest BCUT2D eigenvalue weighted by atomic mass is 9.77. The summed E-state index contributed by atoms with van der Waals surface area (Å²) in [5.41, 5.74) is 1.18. The van der Waals surface area contributed by atoms with Crippen LogP contribution >= 0.6 is 0 Å². The van der Waals surface area contributed by atoms with Crippen LogP contribution in [0.4, 0.5) is 5.69 Å². The van der Waals surface area contributed by atoms with E-state index in [-0.39, 0.29) is 17.9 Å². The zero-order valence-corrected chi connectivity index (χ0v) is 16.8. The number of amides is 2. The van der Waals surface area contributed by atoms with Crippen LogP contribution in [0.25, 0.3) is 0 Å². The first-order valence-corrected chi connectivity index (χ1v) is 10.2. The van der Waals surface area contributed by atoms with Crippen LogP contribution in [-0.4, -0.2) is 48.6 Å². The number of carbonyl (C=O) groups is 2. The number of fused-ring (bicyclic) bond motifs is 1. The van der Waals surface area contributed by atoms with Crippen molar-refractivity contribution in [1.29, 1.82) is 0 Å². The Hall–Kier alpha value is -3.12. The second-order valence-electron chi connectivity index (χ2n) is 8.11. The van der Waals surface area contributed by atoms with Crippen molar-refractivity contribution in [2.24, 2.45) is 11.8 Å². The molecule has 2 bridgehead atoms. The molecule has 154 valence electrons. The zero-order valence-electron chi connectivity index (χ0n) is 16.8. The highest BCUT2D eigenvalue weighted by Gasteiger charge is 2.66. The first-order chi connectivity index (χ1) is 14.6. The molecule has 4 atom stereocenters. The van der Waals surface area contributed by atoms with E-state index < -0.39 is 17.4 Å². The fraction of sp³-hybridized carbons (Fsp3) is 0.333. The van der Waals surface area contributed by atoms with Gasteiger partial charge >= 0.3 is 0 Å². The Morgan fingerprint density at radius 2 is 1.97 bits per heavy atom. The maximum absolute atomic E-state index is 13.3. The Morgan fingerprint density at radius 3 is 2.70 bits per heavy atom. The van der Waals surface area contributed by atoms with Crippen LogP contribution in [0.3, 0.4) is 0 Å². The number of nitrogens with zero attached hydrogens (tertiary/aromatic N) is 1. The quantitative estimate of drug-likeness (QED) is 0.752. The van der Waals surface area contributed by atoms with Gasteiger partial charge in [-0.1, -0.05) is 42.5 Å². The minimum Gasteiger partial charge on any atom is -0.497 e. The Kier molecular flexibility index (Phi) is 4.59. The Labute approximate surface area is 175 Å². The van der Waals surface area contributed by atoms with E-state index in [0.717, 1.165) is 12.2 Å². The summed E-state index contributed by atoms with van der Waals surface area (Å²) < 4.78 is 11.3. The van der Waals surface area contributed by atoms with Crippen molar-refractivity contribution in [3.63, 3.8) is 0 Å². The predicted octanol–water partition coefficient (Wildman–Crippen LogP) is 2.66. The van der Waals surface area contributed by atoms with Gasteiger partial charge in [-0.05, 0) is 36.2 Å². The van der Waals surface area contributed by atoms with Crippen molar-refractivity contribution < 1.29 is 19.1 Å². The van der Waals surface area contributed by atoms with Gasteiger partial charge < -0.3 is 19.7 Å². The molecule has 30 heavy (non-hydrogen) atoms. The first-order valence-electron chi connectivity index (χ1n) is 10.2. The number of methoxy groups -OCH3 is 1. The monoisotopic (exact) mass is 404 g/mol. The molecule has 3 aliphatic rings. The lowest BCUT2D eigenvalue weighted by molar-refractivity contribution is -0.135. The maximum atomic E-state index is 13.3. The van der Waals surface area contributed by atoms with Gasteiger partial charge in [-0.15, -0.1) is 0 Å². The number of carbonyl (C=O) groups excluding carboxylic acids is 2. The number of benzene rings is 2. The maximum Gasteiger partial charge on any atom is 0.231 e. The standard InChI is InChI=1S/C24H24N2O4/c1-29-18-9-7-17(8-10-18)25-22(27)20-19-11-13-24(30-19)15-26(23(28)21(20)24)14-12-16-5-3-2-4-6-16/h2-11,13,19-21H,12,14-15H2,1H3,(H,25,27)/t19-,20-,21+,24-/m0/s1. The average molecular weight is 404 g/mol. The minimum atomic E-state index is -0.680. The molecule has 2 aromatic carbocycles. The van der Waals surface area contributed by atoms with Crippen molar-refractivity contribution in [2.45, 2.75) is 18.1 Å². The summed E-state index contributed by atoms with van der Waals surface area (Å²) in [5.74, 6) is -0.446. The Bertz CT molecular complexity index is 988. The van der Waals surface area contributed by atoms with Crippen LogP contribution in [-0.2, 0) is 20.7 Å². The normalized spacial score (nSPS) is 28.6. The SMILES string of the molecule is COc1ccc(NC(=O)[C@H]2[C@@H]3C=C[C@@]4(CN(CCc5ccccc5)C(=O)[C@@H]24)O3)cc1.